The Morgan fingerprint density at radius 2 is 0.633 bits per heavy atom. The average molecular weight is 1280 g/mol. The van der Waals surface area contributed by atoms with Gasteiger partial charge in [0.25, 0.3) is 0 Å². The monoisotopic (exact) mass is 1280 g/mol. The predicted molar refractivity (Wildman–Crippen MR) is 296 cm³/mol. The molecule has 0 saturated heterocycles. The number of carboxylic acids is 6. The van der Waals surface area contributed by atoms with Gasteiger partial charge in [0.2, 0.25) is 53.6 Å². The summed E-state index contributed by atoms with van der Waals surface area (Å²) in [5.41, 5.74) is 0.974. The van der Waals surface area contributed by atoms with E-state index in [0.717, 1.165) is 0 Å². The number of ketones is 3. The maximum absolute atomic E-state index is 15.9. The van der Waals surface area contributed by atoms with Crippen LogP contribution in [-0.2, 0) is 94.6 Å². The molecule has 0 saturated carbocycles. The highest BCUT2D eigenvalue weighted by atomic mass is 19.1. The molecular weight excluding hydrogens is 1210 g/mol. The summed E-state index contributed by atoms with van der Waals surface area (Å²) in [4.78, 5) is 217. The maximum atomic E-state index is 15.9. The number of hydrogen-bond acceptors (Lipinski definition) is 19. The van der Waals surface area contributed by atoms with Crippen molar-refractivity contribution in [3.8, 4) is 0 Å². The fourth-order valence-electron chi connectivity index (χ4n) is 7.86. The predicted octanol–water partition coefficient (Wildman–Crippen LogP) is -1.19. The minimum Gasteiger partial charge on any atom is -0.481 e. The highest BCUT2D eigenvalue weighted by Crippen LogP contribution is 2.16. The molecule has 0 bridgehead atoms. The van der Waals surface area contributed by atoms with Crippen LogP contribution in [0.4, 0.5) is 18.4 Å². The molecule has 90 heavy (non-hydrogen) atoms. The Morgan fingerprint density at radius 3 is 0.911 bits per heavy atom. The van der Waals surface area contributed by atoms with E-state index in [1.807, 2.05) is 10.6 Å². The second-order valence-electron chi connectivity index (χ2n) is 20.4. The van der Waals surface area contributed by atoms with Crippen molar-refractivity contribution in [1.29, 1.82) is 0 Å². The van der Waals surface area contributed by atoms with E-state index >= 15 is 8.78 Å². The summed E-state index contributed by atoms with van der Waals surface area (Å²) in [5.74, 6) is -28.3. The third-order valence-corrected chi connectivity index (χ3v) is 12.5. The molecule has 0 aliphatic heterocycles. The van der Waals surface area contributed by atoms with E-state index < -0.39 is 225 Å². The SMILES string of the molecule is CC(C)[C@H](NC(=O)[C@H](CCC(=O)O)NC(=O)[C@H](CC(=O)O)NC(=O)OCc1ccccc1)C(=O)N[C@@H](CC(=O)O)C(=O)C(F)C(=O)C(F)C(=O)[C@H](CC(=O)O)NC(=O)[C@@H](NC(=O)[C@H](CCC(=O)O)NC(=O)[C@H](CC(=O)O)NC(=O)OCc1ccccc1)C(C)C. The Hall–Kier alpha value is -10.5. The van der Waals surface area contributed by atoms with Gasteiger partial charge in [0, 0.05) is 12.8 Å². The van der Waals surface area contributed by atoms with Crippen LogP contribution in [0.15, 0.2) is 60.7 Å². The molecule has 0 heterocycles. The minimum atomic E-state index is -3.87. The lowest BCUT2D eigenvalue weighted by molar-refractivity contribution is -0.148. The number of carboxylic acid groups (broad SMARTS) is 6. The molecule has 10 atom stereocenters. The van der Waals surface area contributed by atoms with Gasteiger partial charge in [-0.05, 0) is 35.8 Å². The van der Waals surface area contributed by atoms with Crippen molar-refractivity contribution in [2.45, 2.75) is 153 Å². The van der Waals surface area contributed by atoms with Gasteiger partial charge in [0.15, 0.2) is 11.6 Å². The second-order valence-corrected chi connectivity index (χ2v) is 20.4. The number of carbonyl (C=O) groups is 17. The lowest BCUT2D eigenvalue weighted by Crippen LogP contribution is -2.60. The summed E-state index contributed by atoms with van der Waals surface area (Å²) in [7, 11) is 0. The summed E-state index contributed by atoms with van der Waals surface area (Å²) in [5, 5.41) is 72.8. The van der Waals surface area contributed by atoms with Gasteiger partial charge in [-0.3, -0.25) is 71.9 Å². The Kier molecular flexibility index (Phi) is 31.3. The van der Waals surface area contributed by atoms with E-state index in [0.29, 0.717) is 11.1 Å². The normalized spacial score (nSPS) is 14.2. The fraction of sp³-hybridized carbons (Fsp3) is 0.473. The molecule has 492 valence electrons. The molecular formula is C55H68F2N8O25. The third-order valence-electron chi connectivity index (χ3n) is 12.5. The molecule has 35 heteroatoms. The van der Waals surface area contributed by atoms with E-state index in [1.165, 1.54) is 27.7 Å². The largest absolute Gasteiger partial charge is 0.481 e. The highest BCUT2D eigenvalue weighted by Gasteiger charge is 2.45. The molecule has 0 aliphatic rings. The van der Waals surface area contributed by atoms with Gasteiger partial charge in [-0.1, -0.05) is 88.4 Å². The van der Waals surface area contributed by atoms with Crippen molar-refractivity contribution in [2.24, 2.45) is 11.8 Å². The number of amides is 8. The number of benzene rings is 2. The Balaban J connectivity index is 2.34. The number of hydrogen-bond donors (Lipinski definition) is 14. The van der Waals surface area contributed by atoms with Crippen molar-refractivity contribution in [3.05, 3.63) is 71.8 Å². The van der Waals surface area contributed by atoms with E-state index in [9.17, 15) is 112 Å². The van der Waals surface area contributed by atoms with E-state index in [1.54, 1.807) is 71.3 Å². The topological polar surface area (TPSA) is 526 Å². The quantitative estimate of drug-likeness (QED) is 0.0349. The second kappa shape index (κ2) is 37.2. The third kappa shape index (κ3) is 27.0. The Labute approximate surface area is 509 Å². The van der Waals surface area contributed by atoms with Crippen LogP contribution in [0.25, 0.3) is 0 Å². The van der Waals surface area contributed by atoms with Crippen LogP contribution < -0.4 is 42.5 Å². The first-order chi connectivity index (χ1) is 42.1. The van der Waals surface area contributed by atoms with Gasteiger partial charge in [0.1, 0.15) is 61.5 Å². The van der Waals surface area contributed by atoms with Crippen LogP contribution in [0.3, 0.4) is 0 Å². The highest BCUT2D eigenvalue weighted by molar-refractivity contribution is 6.19. The number of alkyl halides is 2. The first-order valence-electron chi connectivity index (χ1n) is 27.1. The fourth-order valence-corrected chi connectivity index (χ4v) is 7.86. The number of rotatable bonds is 40. The maximum Gasteiger partial charge on any atom is 0.408 e. The lowest BCUT2D eigenvalue weighted by atomic mass is 9.94. The molecule has 2 aromatic rings. The number of halogens is 2. The zero-order valence-corrected chi connectivity index (χ0v) is 48.5. The summed E-state index contributed by atoms with van der Waals surface area (Å²) < 4.78 is 41.9. The van der Waals surface area contributed by atoms with E-state index in [2.05, 4.69) is 21.3 Å². The first kappa shape index (κ1) is 75.6. The molecule has 8 amide bonds. The number of aliphatic carboxylic acids is 6. The smallest absolute Gasteiger partial charge is 0.408 e. The van der Waals surface area contributed by atoms with Gasteiger partial charge in [-0.15, -0.1) is 0 Å². The van der Waals surface area contributed by atoms with Gasteiger partial charge in [-0.2, -0.15) is 0 Å². The van der Waals surface area contributed by atoms with Crippen LogP contribution in [-0.4, -0.2) is 192 Å². The minimum absolute atomic E-state index is 0.339. The molecule has 0 aliphatic carbocycles. The first-order valence-corrected chi connectivity index (χ1v) is 27.1. The molecule has 0 fully saturated rings. The Morgan fingerprint density at radius 1 is 0.356 bits per heavy atom. The van der Waals surface area contributed by atoms with Gasteiger partial charge in [0.05, 0.1) is 25.7 Å². The van der Waals surface area contributed by atoms with Crippen molar-refractivity contribution in [3.63, 3.8) is 0 Å². The number of ether oxygens (including phenoxy) is 2. The summed E-state index contributed by atoms with van der Waals surface area (Å²) in [6.07, 6.45) is -19.0. The summed E-state index contributed by atoms with van der Waals surface area (Å²) in [6, 6.07) is -1.01. The standard InChI is InChI=1S/C55H68F2N8O25/c1-25(2)43(64-48(81)29(15-17-35(66)67)58-50(83)33(21-39(74)75)62-54(87)89-23-27-11-7-5-8-12-27)52(85)60-31(19-37(70)71)45(78)41(56)47(80)42(57)46(79)32(20-38(72)73)61-53(86)44(26(3)4)65-49(82)30(16-18-36(68)69)59-51(84)34(22-40(76)77)63-55(88)90-24-28-13-9-6-10-14-28/h5-14,25-26,29-34,41-44H,15-24H2,1-4H3,(H,58,83)(H,59,84)(H,60,85)(H,61,86)(H,62,87)(H,63,88)(H,64,81)(H,65,82)(H,66,67)(H,68,69)(H,70,71)(H,72,73)(H,74,75)(H,76,77)/t29-,30-,31-,32-,33-,34-,41?,42?,43-,44-/m0/s1. The zero-order valence-electron chi connectivity index (χ0n) is 48.5. The average Bonchev–Trinajstić information content (AvgIpc) is 1.32. The van der Waals surface area contributed by atoms with Crippen molar-refractivity contribution < 1.29 is 130 Å². The van der Waals surface area contributed by atoms with Crippen molar-refractivity contribution in [2.75, 3.05) is 0 Å². The molecule has 14 N–H and O–H groups in total. The van der Waals surface area contributed by atoms with Crippen LogP contribution in [0.5, 0.6) is 0 Å². The molecule has 0 spiro atoms. The molecule has 2 rings (SSSR count). The van der Waals surface area contributed by atoms with Gasteiger partial charge < -0.3 is 82.6 Å². The van der Waals surface area contributed by atoms with E-state index in [4.69, 9.17) is 9.47 Å². The zero-order chi connectivity index (χ0) is 68.1. The summed E-state index contributed by atoms with van der Waals surface area (Å²) >= 11 is 0. The number of alkyl carbamates (subject to hydrolysis) is 2. The molecule has 2 aromatic carbocycles. The summed E-state index contributed by atoms with van der Waals surface area (Å²) in [6.45, 7) is 4.26. The molecule has 2 unspecified atom stereocenters. The van der Waals surface area contributed by atoms with E-state index in [-0.39, 0.29) is 13.2 Å². The van der Waals surface area contributed by atoms with Gasteiger partial charge in [-0.25, -0.2) is 18.4 Å². The van der Waals surface area contributed by atoms with Gasteiger partial charge >= 0.3 is 48.0 Å². The molecule has 0 radical (unpaired) electrons. The molecule has 33 nitrogen and oxygen atoms in total. The molecule has 0 aromatic heterocycles. The number of Topliss-reactive ketones (excluding diaryl/α,β-unsaturated/α-hetero) is 3. The van der Waals surface area contributed by atoms with Crippen LogP contribution >= 0.6 is 0 Å². The van der Waals surface area contributed by atoms with Crippen LogP contribution in [0.1, 0.15) is 90.2 Å². The van der Waals surface area contributed by atoms with Crippen LogP contribution in [0.2, 0.25) is 0 Å². The van der Waals surface area contributed by atoms with Crippen LogP contribution in [0, 0.1) is 11.8 Å². The van der Waals surface area contributed by atoms with Crippen molar-refractivity contribution >= 4 is 101 Å². The Bertz CT molecular complexity index is 2780. The van der Waals surface area contributed by atoms with Crippen molar-refractivity contribution in [1.82, 2.24) is 42.5 Å². The number of carbonyl (C=O) groups excluding carboxylic acids is 11. The number of nitrogens with one attached hydrogen (secondary N) is 8. The lowest BCUT2D eigenvalue weighted by Gasteiger charge is -2.28.